The molecule has 0 rings (SSSR count). The van der Waals surface area contributed by atoms with Crippen molar-refractivity contribution in [2.24, 2.45) is 5.92 Å². The zero-order chi connectivity index (χ0) is 13.5. The Morgan fingerprint density at radius 1 is 1.29 bits per heavy atom. The van der Waals surface area contributed by atoms with E-state index in [1.807, 2.05) is 6.92 Å². The van der Waals surface area contributed by atoms with Gasteiger partial charge >= 0.3 is 6.09 Å². The van der Waals surface area contributed by atoms with Crippen LogP contribution in [-0.4, -0.2) is 24.0 Å². The third-order valence-corrected chi connectivity index (χ3v) is 2.35. The molecule has 0 aliphatic heterocycles. The molecule has 0 aromatic carbocycles. The summed E-state index contributed by atoms with van der Waals surface area (Å²) in [6.07, 6.45) is 2.47. The van der Waals surface area contributed by atoms with E-state index in [9.17, 15) is 9.59 Å². The van der Waals surface area contributed by atoms with Gasteiger partial charge < -0.3 is 10.1 Å². The highest BCUT2D eigenvalue weighted by Crippen LogP contribution is 2.09. The molecule has 0 aliphatic rings. The molecule has 0 bridgehead atoms. The topological polar surface area (TPSA) is 55.4 Å². The van der Waals surface area contributed by atoms with Crippen LogP contribution < -0.4 is 5.32 Å². The molecule has 4 nitrogen and oxygen atoms in total. The van der Waals surface area contributed by atoms with Crippen LogP contribution in [0.1, 0.15) is 53.9 Å². The van der Waals surface area contributed by atoms with Gasteiger partial charge in [-0.2, -0.15) is 0 Å². The lowest BCUT2D eigenvalue weighted by atomic mass is 10.00. The second-order valence-corrected chi connectivity index (χ2v) is 5.37. The predicted molar refractivity (Wildman–Crippen MR) is 67.9 cm³/mol. The fourth-order valence-electron chi connectivity index (χ4n) is 1.32. The van der Waals surface area contributed by atoms with E-state index < -0.39 is 11.7 Å². The first-order valence-corrected chi connectivity index (χ1v) is 6.25. The second-order valence-electron chi connectivity index (χ2n) is 5.37. The van der Waals surface area contributed by atoms with Gasteiger partial charge in [0.2, 0.25) is 0 Å². The number of ether oxygens (including phenoxy) is 1. The highest BCUT2D eigenvalue weighted by Gasteiger charge is 2.18. The number of hydrogen-bond acceptors (Lipinski definition) is 3. The number of carbonyl (C=O) groups excluding carboxylic acids is 2. The van der Waals surface area contributed by atoms with Gasteiger partial charge in [-0.05, 0) is 27.2 Å². The molecule has 1 atom stereocenters. The summed E-state index contributed by atoms with van der Waals surface area (Å²) in [6, 6.07) is 0. The van der Waals surface area contributed by atoms with E-state index in [0.717, 1.165) is 19.3 Å². The van der Waals surface area contributed by atoms with Crippen LogP contribution in [0.15, 0.2) is 0 Å². The molecular weight excluding hydrogens is 218 g/mol. The molecule has 1 unspecified atom stereocenters. The quantitative estimate of drug-likeness (QED) is 0.780. The van der Waals surface area contributed by atoms with Crippen LogP contribution in [0.3, 0.4) is 0 Å². The fraction of sp³-hybridized carbons (Fsp3) is 0.846. The van der Waals surface area contributed by atoms with Gasteiger partial charge in [0.05, 0.1) is 6.54 Å². The maximum Gasteiger partial charge on any atom is 0.408 e. The average Bonchev–Trinajstić information content (AvgIpc) is 2.20. The minimum absolute atomic E-state index is 0.00452. The molecule has 0 radical (unpaired) electrons. The lowest BCUT2D eigenvalue weighted by molar-refractivity contribution is -0.121. The zero-order valence-electron chi connectivity index (χ0n) is 11.6. The molecule has 1 amide bonds. The molecule has 0 spiro atoms. The number of rotatable bonds is 6. The SMILES string of the molecule is CCCCC(C)C(=O)CNC(=O)OC(C)(C)C. The van der Waals surface area contributed by atoms with E-state index in [0.29, 0.717) is 0 Å². The van der Waals surface area contributed by atoms with E-state index in [-0.39, 0.29) is 18.2 Å². The van der Waals surface area contributed by atoms with Gasteiger partial charge in [-0.1, -0.05) is 26.7 Å². The van der Waals surface area contributed by atoms with Gasteiger partial charge in [-0.25, -0.2) is 4.79 Å². The van der Waals surface area contributed by atoms with Crippen molar-refractivity contribution in [2.45, 2.75) is 59.5 Å². The Hall–Kier alpha value is -1.06. The predicted octanol–water partition coefficient (Wildman–Crippen LogP) is 2.91. The Labute approximate surface area is 104 Å². The van der Waals surface area contributed by atoms with Gasteiger partial charge in [0.15, 0.2) is 5.78 Å². The summed E-state index contributed by atoms with van der Waals surface area (Å²) in [4.78, 5) is 23.0. The molecule has 4 heteroatoms. The first-order chi connectivity index (χ1) is 7.76. The van der Waals surface area contributed by atoms with Crippen LogP contribution in [0.2, 0.25) is 0 Å². The Balaban J connectivity index is 3.87. The standard InChI is InChI=1S/C13H25NO3/c1-6-7-8-10(2)11(15)9-14-12(16)17-13(3,4)5/h10H,6-9H2,1-5H3,(H,14,16). The number of hydrogen-bond donors (Lipinski definition) is 1. The molecule has 0 saturated carbocycles. The van der Waals surface area contributed by atoms with E-state index >= 15 is 0 Å². The van der Waals surface area contributed by atoms with Gasteiger partial charge in [0, 0.05) is 5.92 Å². The third-order valence-electron chi connectivity index (χ3n) is 2.35. The third kappa shape index (κ3) is 8.72. The number of carbonyl (C=O) groups is 2. The van der Waals surface area contributed by atoms with E-state index in [1.165, 1.54) is 0 Å². The minimum atomic E-state index is -0.534. The smallest absolute Gasteiger partial charge is 0.408 e. The van der Waals surface area contributed by atoms with Gasteiger partial charge in [-0.3, -0.25) is 4.79 Å². The molecule has 0 heterocycles. The second kappa shape index (κ2) is 7.30. The van der Waals surface area contributed by atoms with Gasteiger partial charge in [0.25, 0.3) is 0 Å². The van der Waals surface area contributed by atoms with Crippen LogP contribution >= 0.6 is 0 Å². The number of nitrogens with one attached hydrogen (secondary N) is 1. The summed E-state index contributed by atoms with van der Waals surface area (Å²) in [7, 11) is 0. The molecule has 0 saturated heterocycles. The van der Waals surface area contributed by atoms with Gasteiger partial charge in [0.1, 0.15) is 5.60 Å². The van der Waals surface area contributed by atoms with E-state index in [1.54, 1.807) is 20.8 Å². The number of alkyl carbamates (subject to hydrolysis) is 1. The first-order valence-electron chi connectivity index (χ1n) is 6.25. The van der Waals surface area contributed by atoms with Crippen LogP contribution in [0, 0.1) is 5.92 Å². The van der Waals surface area contributed by atoms with Crippen molar-refractivity contribution in [3.8, 4) is 0 Å². The van der Waals surface area contributed by atoms with Crippen molar-refractivity contribution in [1.82, 2.24) is 5.32 Å². The molecule has 17 heavy (non-hydrogen) atoms. The van der Waals surface area contributed by atoms with Crippen LogP contribution in [-0.2, 0) is 9.53 Å². The highest BCUT2D eigenvalue weighted by molar-refractivity contribution is 5.85. The molecule has 0 aromatic heterocycles. The maximum atomic E-state index is 11.6. The average molecular weight is 243 g/mol. The van der Waals surface area contributed by atoms with Crippen molar-refractivity contribution in [1.29, 1.82) is 0 Å². The zero-order valence-corrected chi connectivity index (χ0v) is 11.6. The lowest BCUT2D eigenvalue weighted by Crippen LogP contribution is -2.36. The lowest BCUT2D eigenvalue weighted by Gasteiger charge is -2.19. The summed E-state index contributed by atoms with van der Waals surface area (Å²) in [5, 5.41) is 2.49. The first kappa shape index (κ1) is 15.9. The molecule has 0 aliphatic carbocycles. The van der Waals surface area contributed by atoms with Crippen molar-refractivity contribution in [2.75, 3.05) is 6.54 Å². The molecule has 0 fully saturated rings. The Bertz CT molecular complexity index is 256. The minimum Gasteiger partial charge on any atom is -0.444 e. The largest absolute Gasteiger partial charge is 0.444 e. The number of amides is 1. The Kier molecular flexibility index (Phi) is 6.85. The molecule has 100 valence electrons. The number of unbranched alkanes of at least 4 members (excludes halogenated alkanes) is 1. The summed E-state index contributed by atoms with van der Waals surface area (Å²) < 4.78 is 5.05. The van der Waals surface area contributed by atoms with Crippen molar-refractivity contribution in [3.63, 3.8) is 0 Å². The fourth-order valence-corrected chi connectivity index (χ4v) is 1.32. The summed E-state index contributed by atoms with van der Waals surface area (Å²) in [5.41, 5.74) is -0.527. The van der Waals surface area contributed by atoms with E-state index in [2.05, 4.69) is 12.2 Å². The van der Waals surface area contributed by atoms with Crippen LogP contribution in [0.25, 0.3) is 0 Å². The van der Waals surface area contributed by atoms with Gasteiger partial charge in [-0.15, -0.1) is 0 Å². The van der Waals surface area contributed by atoms with Crippen LogP contribution in [0.5, 0.6) is 0 Å². The van der Waals surface area contributed by atoms with Crippen molar-refractivity contribution < 1.29 is 14.3 Å². The summed E-state index contributed by atoms with van der Waals surface area (Å²) in [6.45, 7) is 9.42. The normalized spacial score (nSPS) is 13.0. The molecule has 1 N–H and O–H groups in total. The monoisotopic (exact) mass is 243 g/mol. The summed E-state index contributed by atoms with van der Waals surface area (Å²) >= 11 is 0. The molecular formula is C13H25NO3. The number of ketones is 1. The van der Waals surface area contributed by atoms with Crippen molar-refractivity contribution >= 4 is 11.9 Å². The highest BCUT2D eigenvalue weighted by atomic mass is 16.6. The van der Waals surface area contributed by atoms with Crippen molar-refractivity contribution in [3.05, 3.63) is 0 Å². The van der Waals surface area contributed by atoms with E-state index in [4.69, 9.17) is 4.74 Å². The Morgan fingerprint density at radius 2 is 1.88 bits per heavy atom. The molecule has 0 aromatic rings. The van der Waals surface area contributed by atoms with Crippen LogP contribution in [0.4, 0.5) is 4.79 Å². The number of Topliss-reactive ketones (excluding diaryl/α,β-unsaturated/α-hetero) is 1. The summed E-state index contributed by atoms with van der Waals surface area (Å²) in [5.74, 6) is 0.0641. The maximum absolute atomic E-state index is 11.6. The Morgan fingerprint density at radius 3 is 2.35 bits per heavy atom.